The van der Waals surface area contributed by atoms with Gasteiger partial charge in [0.1, 0.15) is 13.2 Å². The van der Waals surface area contributed by atoms with E-state index in [2.05, 4.69) is 20.5 Å². The molecule has 2 heterocycles. The number of Topliss-reactive ketones (excluding diaryl/α,β-unsaturated/α-hetero) is 1. The first kappa shape index (κ1) is 29.6. The van der Waals surface area contributed by atoms with E-state index in [9.17, 15) is 14.7 Å². The number of fused-ring (bicyclic) bond motifs is 1. The molecule has 0 aliphatic heterocycles. The lowest BCUT2D eigenvalue weighted by molar-refractivity contribution is 0.0965. The van der Waals surface area contributed by atoms with Crippen molar-refractivity contribution in [3.8, 4) is 17.4 Å². The number of methoxy groups -OCH3 is 1. The normalized spacial score (nSPS) is 11.7. The lowest BCUT2D eigenvalue weighted by Crippen LogP contribution is -2.28. The predicted octanol–water partition coefficient (Wildman–Crippen LogP) is 2.07. The van der Waals surface area contributed by atoms with Crippen LogP contribution in [-0.2, 0) is 12.0 Å². The fourth-order valence-corrected chi connectivity index (χ4v) is 3.65. The van der Waals surface area contributed by atoms with Gasteiger partial charge in [-0.2, -0.15) is 4.52 Å². The molecule has 0 bridgehead atoms. The van der Waals surface area contributed by atoms with E-state index in [4.69, 9.17) is 14.2 Å². The number of nitrogens with one attached hydrogen (secondary N) is 1. The molecule has 2 aromatic heterocycles. The molecule has 3 rings (SSSR count). The van der Waals surface area contributed by atoms with Crippen LogP contribution in [0, 0.1) is 6.92 Å². The maximum Gasteiger partial charge on any atom is 0.413 e. The fraction of sp³-hybridized carbons (Fsp3) is 0.458. The zero-order chi connectivity index (χ0) is 26.6. The quantitative estimate of drug-likeness (QED) is 0.417. The summed E-state index contributed by atoms with van der Waals surface area (Å²) in [6.45, 7) is 7.56. The standard InChI is InChI=1S/C24H32N6O6.ClH/c1-14-10-19(36-23(33)26-6)27-30-21(14)28-29(22(30)25-5)13-17(32)15-11-16(24(2,3)4)20(34-7)18(12-15)35-9-8-31;/h10-12,31H,8-9,13H2,1-7H3,(H,26,33);1H/b25-22+;. The van der Waals surface area contributed by atoms with E-state index in [-0.39, 0.29) is 49.2 Å². The summed E-state index contributed by atoms with van der Waals surface area (Å²) in [5, 5.41) is 20.4. The van der Waals surface area contributed by atoms with E-state index < -0.39 is 6.09 Å². The zero-order valence-corrected chi connectivity index (χ0v) is 22.8. The fourth-order valence-electron chi connectivity index (χ4n) is 3.65. The summed E-state index contributed by atoms with van der Waals surface area (Å²) in [5.74, 6) is 0.711. The minimum atomic E-state index is -0.659. The van der Waals surface area contributed by atoms with Crippen molar-refractivity contribution in [1.29, 1.82) is 0 Å². The van der Waals surface area contributed by atoms with Crippen molar-refractivity contribution in [2.75, 3.05) is 34.4 Å². The Balaban J connectivity index is 0.00000481. The van der Waals surface area contributed by atoms with Gasteiger partial charge in [-0.15, -0.1) is 22.6 Å². The summed E-state index contributed by atoms with van der Waals surface area (Å²) >= 11 is 0. The number of ether oxygens (including phenoxy) is 3. The average Bonchev–Trinajstić information content (AvgIpc) is 3.18. The summed E-state index contributed by atoms with van der Waals surface area (Å²) in [6.07, 6.45) is -0.659. The maximum atomic E-state index is 13.4. The number of aromatic nitrogens is 4. The van der Waals surface area contributed by atoms with Crippen molar-refractivity contribution in [2.24, 2.45) is 4.99 Å². The number of aliphatic hydroxyl groups excluding tert-OH is 1. The monoisotopic (exact) mass is 536 g/mol. The Labute approximate surface area is 220 Å². The molecule has 0 saturated carbocycles. The highest BCUT2D eigenvalue weighted by Gasteiger charge is 2.25. The van der Waals surface area contributed by atoms with Crippen LogP contribution in [0.4, 0.5) is 4.79 Å². The molecule has 1 amide bonds. The zero-order valence-electron chi connectivity index (χ0n) is 22.0. The van der Waals surface area contributed by atoms with E-state index in [0.717, 1.165) is 5.56 Å². The largest absolute Gasteiger partial charge is 0.493 e. The van der Waals surface area contributed by atoms with Gasteiger partial charge in [-0.3, -0.25) is 9.79 Å². The molecule has 1 aromatic carbocycles. The molecule has 3 aromatic rings. The van der Waals surface area contributed by atoms with Crippen molar-refractivity contribution in [3.05, 3.63) is 40.5 Å². The number of amides is 1. The van der Waals surface area contributed by atoms with Crippen molar-refractivity contribution >= 4 is 29.9 Å². The Morgan fingerprint density at radius 1 is 1.19 bits per heavy atom. The molecule has 37 heavy (non-hydrogen) atoms. The number of rotatable bonds is 8. The van der Waals surface area contributed by atoms with Crippen LogP contribution in [0.2, 0.25) is 0 Å². The number of carbonyl (C=O) groups is 2. The van der Waals surface area contributed by atoms with Crippen molar-refractivity contribution in [2.45, 2.75) is 39.7 Å². The number of nitrogens with zero attached hydrogens (tertiary/aromatic N) is 5. The minimum Gasteiger partial charge on any atom is -0.493 e. The van der Waals surface area contributed by atoms with Crippen molar-refractivity contribution in [3.63, 3.8) is 0 Å². The molecule has 0 unspecified atom stereocenters. The number of aliphatic hydroxyl groups is 1. The van der Waals surface area contributed by atoms with Gasteiger partial charge in [0.2, 0.25) is 11.5 Å². The summed E-state index contributed by atoms with van der Waals surface area (Å²) in [6, 6.07) is 4.96. The summed E-state index contributed by atoms with van der Waals surface area (Å²) in [7, 11) is 4.54. The smallest absolute Gasteiger partial charge is 0.413 e. The number of aryl methyl sites for hydroxylation is 1. The molecular weight excluding hydrogens is 504 g/mol. The molecule has 0 spiro atoms. The number of ketones is 1. The van der Waals surface area contributed by atoms with Crippen LogP contribution in [0.25, 0.3) is 5.65 Å². The molecule has 0 atom stereocenters. The van der Waals surface area contributed by atoms with Crippen LogP contribution in [0.1, 0.15) is 42.3 Å². The third kappa shape index (κ3) is 6.38. The van der Waals surface area contributed by atoms with Gasteiger partial charge < -0.3 is 24.6 Å². The Bertz CT molecular complexity index is 1360. The van der Waals surface area contributed by atoms with Crippen molar-refractivity contribution < 1.29 is 28.9 Å². The van der Waals surface area contributed by atoms with E-state index in [1.807, 2.05) is 20.8 Å². The van der Waals surface area contributed by atoms with Crippen molar-refractivity contribution in [1.82, 2.24) is 24.7 Å². The first-order chi connectivity index (χ1) is 17.0. The topological polar surface area (TPSA) is 142 Å². The number of carbonyl (C=O) groups excluding carboxylic acids is 2. The molecule has 12 nitrogen and oxygen atoms in total. The highest BCUT2D eigenvalue weighted by Crippen LogP contribution is 2.39. The molecule has 2 N–H and O–H groups in total. The van der Waals surface area contributed by atoms with Crippen LogP contribution >= 0.6 is 12.4 Å². The predicted molar refractivity (Wildman–Crippen MR) is 138 cm³/mol. The molecule has 0 saturated heterocycles. The number of hydrogen-bond acceptors (Lipinski definition) is 9. The number of halogens is 1. The Kier molecular flexibility index (Phi) is 9.65. The summed E-state index contributed by atoms with van der Waals surface area (Å²) in [5.41, 5.74) is 2.28. The molecule has 13 heteroatoms. The van der Waals surface area contributed by atoms with E-state index in [1.54, 1.807) is 32.2 Å². The maximum absolute atomic E-state index is 13.4. The Morgan fingerprint density at radius 2 is 1.89 bits per heavy atom. The number of benzene rings is 1. The third-order valence-corrected chi connectivity index (χ3v) is 5.36. The molecule has 0 fully saturated rings. The second-order valence-electron chi connectivity index (χ2n) is 9.02. The van der Waals surface area contributed by atoms with Crippen LogP contribution < -0.4 is 25.1 Å². The van der Waals surface area contributed by atoms with Crippen LogP contribution in [0.15, 0.2) is 23.2 Å². The lowest BCUT2D eigenvalue weighted by Gasteiger charge is -2.25. The lowest BCUT2D eigenvalue weighted by atomic mass is 9.84. The van der Waals surface area contributed by atoms with E-state index >= 15 is 0 Å². The van der Waals surface area contributed by atoms with Gasteiger partial charge >= 0.3 is 6.09 Å². The summed E-state index contributed by atoms with van der Waals surface area (Å²) in [4.78, 5) is 29.3. The molecule has 202 valence electrons. The van der Waals surface area contributed by atoms with Gasteiger partial charge in [-0.25, -0.2) is 9.48 Å². The SMILES string of the molecule is C/N=c1\n(CC(=O)c2cc(OCCO)c(OC)c(C(C)(C)C)c2)nc2c(C)cc(OC(=O)NC)nn12.Cl. The Hall–Kier alpha value is -3.64. The van der Waals surface area contributed by atoms with Crippen LogP contribution in [0.3, 0.4) is 0 Å². The highest BCUT2D eigenvalue weighted by atomic mass is 35.5. The molecule has 0 radical (unpaired) electrons. The van der Waals surface area contributed by atoms with Gasteiger partial charge in [-0.05, 0) is 24.5 Å². The van der Waals surface area contributed by atoms with Crippen LogP contribution in [-0.4, -0.2) is 70.8 Å². The first-order valence-corrected chi connectivity index (χ1v) is 11.3. The second kappa shape index (κ2) is 12.1. The van der Waals surface area contributed by atoms with E-state index in [0.29, 0.717) is 33.9 Å². The Morgan fingerprint density at radius 3 is 2.46 bits per heavy atom. The molecule has 0 aliphatic carbocycles. The van der Waals surface area contributed by atoms with Gasteiger partial charge in [-0.1, -0.05) is 20.8 Å². The third-order valence-electron chi connectivity index (χ3n) is 5.36. The van der Waals surface area contributed by atoms with Gasteiger partial charge in [0, 0.05) is 36.9 Å². The highest BCUT2D eigenvalue weighted by molar-refractivity contribution is 5.97. The summed E-state index contributed by atoms with van der Waals surface area (Å²) < 4.78 is 19.3. The number of hydrogen-bond donors (Lipinski definition) is 2. The first-order valence-electron chi connectivity index (χ1n) is 11.3. The van der Waals surface area contributed by atoms with Gasteiger partial charge in [0.05, 0.1) is 13.7 Å². The average molecular weight is 537 g/mol. The second-order valence-corrected chi connectivity index (χ2v) is 9.02. The molecule has 0 aliphatic rings. The van der Waals surface area contributed by atoms with Gasteiger partial charge in [0.25, 0.3) is 0 Å². The molecular formula is C24H33ClN6O6. The minimum absolute atomic E-state index is 0. The van der Waals surface area contributed by atoms with E-state index in [1.165, 1.54) is 23.4 Å². The van der Waals surface area contributed by atoms with Crippen LogP contribution in [0.5, 0.6) is 17.4 Å². The van der Waals surface area contributed by atoms with Gasteiger partial charge in [0.15, 0.2) is 22.9 Å².